The second-order valence-corrected chi connectivity index (χ2v) is 6.92. The van der Waals surface area contributed by atoms with E-state index in [1.54, 1.807) is 23.1 Å². The van der Waals surface area contributed by atoms with Crippen LogP contribution in [0.5, 0.6) is 5.75 Å². The number of rotatable bonds is 6. The number of amides is 2. The average Bonchev–Trinajstić information content (AvgIpc) is 3.09. The molecule has 1 saturated heterocycles. The summed E-state index contributed by atoms with van der Waals surface area (Å²) in [6, 6.07) is 7.72. The number of ether oxygens (including phenoxy) is 1. The summed E-state index contributed by atoms with van der Waals surface area (Å²) in [5.74, 6) is 1.64. The highest BCUT2D eigenvalue weighted by Gasteiger charge is 2.28. The summed E-state index contributed by atoms with van der Waals surface area (Å²) >= 11 is 0. The SMILES string of the molecule is COc1cccc(CN2CCN(C(=O)CC(C)n3ccnc3C)CC2=O)c1. The largest absolute Gasteiger partial charge is 0.497 e. The average molecular weight is 370 g/mol. The smallest absolute Gasteiger partial charge is 0.242 e. The Bertz CT molecular complexity index is 817. The van der Waals surface area contributed by atoms with Crippen molar-refractivity contribution in [3.63, 3.8) is 0 Å². The molecule has 1 unspecified atom stereocenters. The van der Waals surface area contributed by atoms with Crippen molar-refractivity contribution in [2.75, 3.05) is 26.7 Å². The van der Waals surface area contributed by atoms with Crippen LogP contribution in [0.4, 0.5) is 0 Å². The van der Waals surface area contributed by atoms with Crippen molar-refractivity contribution < 1.29 is 14.3 Å². The highest BCUT2D eigenvalue weighted by atomic mass is 16.5. The molecule has 2 aromatic rings. The fraction of sp³-hybridized carbons (Fsp3) is 0.450. The van der Waals surface area contributed by atoms with E-state index in [9.17, 15) is 9.59 Å². The maximum atomic E-state index is 12.6. The first-order valence-electron chi connectivity index (χ1n) is 9.16. The van der Waals surface area contributed by atoms with Crippen LogP contribution >= 0.6 is 0 Å². The van der Waals surface area contributed by atoms with Crippen LogP contribution in [0.3, 0.4) is 0 Å². The van der Waals surface area contributed by atoms with Crippen LogP contribution in [-0.4, -0.2) is 57.9 Å². The van der Waals surface area contributed by atoms with Gasteiger partial charge in [0.1, 0.15) is 11.6 Å². The Kier molecular flexibility index (Phi) is 5.78. The zero-order chi connectivity index (χ0) is 19.4. The van der Waals surface area contributed by atoms with E-state index in [0.29, 0.717) is 26.1 Å². The van der Waals surface area contributed by atoms with Gasteiger partial charge in [0.2, 0.25) is 11.8 Å². The first-order chi connectivity index (χ1) is 13.0. The Morgan fingerprint density at radius 2 is 2.15 bits per heavy atom. The number of carbonyl (C=O) groups excluding carboxylic acids is 2. The molecule has 0 radical (unpaired) electrons. The number of hydrogen-bond acceptors (Lipinski definition) is 4. The number of imidazole rings is 1. The van der Waals surface area contributed by atoms with E-state index in [4.69, 9.17) is 4.74 Å². The van der Waals surface area contributed by atoms with Gasteiger partial charge in [0.15, 0.2) is 0 Å². The molecule has 1 atom stereocenters. The molecule has 0 spiro atoms. The second-order valence-electron chi connectivity index (χ2n) is 6.92. The minimum Gasteiger partial charge on any atom is -0.497 e. The first kappa shape index (κ1) is 18.9. The summed E-state index contributed by atoms with van der Waals surface area (Å²) < 4.78 is 7.22. The summed E-state index contributed by atoms with van der Waals surface area (Å²) in [7, 11) is 1.63. The number of piperazine rings is 1. The highest BCUT2D eigenvalue weighted by Crippen LogP contribution is 2.18. The fourth-order valence-corrected chi connectivity index (χ4v) is 3.41. The molecule has 1 aromatic heterocycles. The van der Waals surface area contributed by atoms with Gasteiger partial charge in [-0.2, -0.15) is 0 Å². The Morgan fingerprint density at radius 1 is 1.33 bits per heavy atom. The van der Waals surface area contributed by atoms with Gasteiger partial charge in [0.05, 0.1) is 13.7 Å². The predicted octanol–water partition coefficient (Wildman–Crippen LogP) is 2.02. The molecule has 3 rings (SSSR count). The van der Waals surface area contributed by atoms with Gasteiger partial charge in [0.25, 0.3) is 0 Å². The van der Waals surface area contributed by atoms with Gasteiger partial charge in [0, 0.05) is 44.5 Å². The molecule has 144 valence electrons. The number of carbonyl (C=O) groups is 2. The molecule has 0 saturated carbocycles. The molecule has 0 aliphatic carbocycles. The lowest BCUT2D eigenvalue weighted by Gasteiger charge is -2.35. The summed E-state index contributed by atoms with van der Waals surface area (Å²) in [5.41, 5.74) is 1.02. The molecular formula is C20H26N4O3. The Morgan fingerprint density at radius 3 is 2.81 bits per heavy atom. The molecule has 2 heterocycles. The molecule has 1 aliphatic heterocycles. The van der Waals surface area contributed by atoms with Gasteiger partial charge >= 0.3 is 0 Å². The molecule has 1 fully saturated rings. The van der Waals surface area contributed by atoms with Crippen LogP contribution in [0, 0.1) is 6.92 Å². The van der Waals surface area contributed by atoms with Gasteiger partial charge in [-0.15, -0.1) is 0 Å². The van der Waals surface area contributed by atoms with Crippen molar-refractivity contribution in [2.24, 2.45) is 0 Å². The monoisotopic (exact) mass is 370 g/mol. The van der Waals surface area contributed by atoms with Crippen LogP contribution in [-0.2, 0) is 16.1 Å². The molecule has 2 amide bonds. The first-order valence-corrected chi connectivity index (χ1v) is 9.16. The Labute approximate surface area is 159 Å². The van der Waals surface area contributed by atoms with Crippen molar-refractivity contribution in [1.82, 2.24) is 19.4 Å². The predicted molar refractivity (Wildman–Crippen MR) is 101 cm³/mol. The number of benzene rings is 1. The molecule has 1 aromatic carbocycles. The van der Waals surface area contributed by atoms with E-state index in [0.717, 1.165) is 17.1 Å². The number of aryl methyl sites for hydroxylation is 1. The standard InChI is InChI=1S/C20H26N4O3/c1-15(24-8-7-21-16(24)2)11-19(25)23-10-9-22(20(26)14-23)13-17-5-4-6-18(12-17)27-3/h4-8,12,15H,9-11,13-14H2,1-3H3. The number of nitrogens with zero attached hydrogens (tertiary/aromatic N) is 4. The zero-order valence-corrected chi connectivity index (χ0v) is 16.1. The second kappa shape index (κ2) is 8.24. The lowest BCUT2D eigenvalue weighted by molar-refractivity contribution is -0.146. The summed E-state index contributed by atoms with van der Waals surface area (Å²) in [6.45, 7) is 5.68. The number of methoxy groups -OCH3 is 1. The summed E-state index contributed by atoms with van der Waals surface area (Å²) in [5, 5.41) is 0. The van der Waals surface area contributed by atoms with E-state index in [-0.39, 0.29) is 24.4 Å². The minimum absolute atomic E-state index is 0.00461. The molecule has 27 heavy (non-hydrogen) atoms. The lowest BCUT2D eigenvalue weighted by atomic mass is 10.1. The molecule has 7 heteroatoms. The van der Waals surface area contributed by atoms with Crippen LogP contribution in [0.2, 0.25) is 0 Å². The van der Waals surface area contributed by atoms with E-state index in [1.165, 1.54) is 0 Å². The van der Waals surface area contributed by atoms with Gasteiger partial charge < -0.3 is 19.1 Å². The van der Waals surface area contributed by atoms with Gasteiger partial charge in [-0.3, -0.25) is 9.59 Å². The topological polar surface area (TPSA) is 67.7 Å². The molecule has 1 aliphatic rings. The van der Waals surface area contributed by atoms with Gasteiger partial charge in [-0.05, 0) is 31.5 Å². The van der Waals surface area contributed by atoms with E-state index < -0.39 is 0 Å². The Hall–Kier alpha value is -2.83. The maximum absolute atomic E-state index is 12.6. The third kappa shape index (κ3) is 4.48. The third-order valence-corrected chi connectivity index (χ3v) is 4.99. The summed E-state index contributed by atoms with van der Waals surface area (Å²) in [6.07, 6.45) is 3.97. The van der Waals surface area contributed by atoms with E-state index in [2.05, 4.69) is 4.98 Å². The van der Waals surface area contributed by atoms with Crippen molar-refractivity contribution in [3.8, 4) is 5.75 Å². The normalized spacial score (nSPS) is 15.7. The molecular weight excluding hydrogens is 344 g/mol. The number of hydrogen-bond donors (Lipinski definition) is 0. The van der Waals surface area contributed by atoms with Crippen LogP contribution in [0.1, 0.15) is 30.8 Å². The maximum Gasteiger partial charge on any atom is 0.242 e. The minimum atomic E-state index is -0.0242. The lowest BCUT2D eigenvalue weighted by Crippen LogP contribution is -2.52. The molecule has 7 nitrogen and oxygen atoms in total. The summed E-state index contributed by atoms with van der Waals surface area (Å²) in [4.78, 5) is 32.8. The quantitative estimate of drug-likeness (QED) is 0.780. The Balaban J connectivity index is 1.55. The van der Waals surface area contributed by atoms with Crippen molar-refractivity contribution in [1.29, 1.82) is 0 Å². The molecule has 0 bridgehead atoms. The van der Waals surface area contributed by atoms with Gasteiger partial charge in [-0.25, -0.2) is 4.98 Å². The van der Waals surface area contributed by atoms with Crippen molar-refractivity contribution >= 4 is 11.8 Å². The zero-order valence-electron chi connectivity index (χ0n) is 16.1. The van der Waals surface area contributed by atoms with Crippen LogP contribution in [0.15, 0.2) is 36.7 Å². The van der Waals surface area contributed by atoms with Crippen molar-refractivity contribution in [2.45, 2.75) is 32.9 Å². The van der Waals surface area contributed by atoms with E-state index in [1.807, 2.05) is 48.9 Å². The van der Waals surface area contributed by atoms with E-state index >= 15 is 0 Å². The van der Waals surface area contributed by atoms with Crippen LogP contribution < -0.4 is 4.74 Å². The fourth-order valence-electron chi connectivity index (χ4n) is 3.41. The van der Waals surface area contributed by atoms with Crippen molar-refractivity contribution in [3.05, 3.63) is 48.0 Å². The highest BCUT2D eigenvalue weighted by molar-refractivity contribution is 5.86. The third-order valence-electron chi connectivity index (χ3n) is 4.99. The number of aromatic nitrogens is 2. The van der Waals surface area contributed by atoms with Crippen LogP contribution in [0.25, 0.3) is 0 Å². The molecule has 0 N–H and O–H groups in total. The van der Waals surface area contributed by atoms with Gasteiger partial charge in [-0.1, -0.05) is 12.1 Å².